The van der Waals surface area contributed by atoms with Gasteiger partial charge >= 0.3 is 0 Å². The largest absolute Gasteiger partial charge is 0.480 e. The van der Waals surface area contributed by atoms with Gasteiger partial charge in [-0.15, -0.1) is 5.10 Å². The third-order valence-corrected chi connectivity index (χ3v) is 4.57. The van der Waals surface area contributed by atoms with Crippen LogP contribution in [0.2, 0.25) is 0 Å². The van der Waals surface area contributed by atoms with E-state index in [0.29, 0.717) is 18.4 Å². The molecule has 1 N–H and O–H groups in total. The Hall–Kier alpha value is -1.24. The van der Waals surface area contributed by atoms with Gasteiger partial charge in [0.05, 0.1) is 31.1 Å². The maximum atomic E-state index is 6.01. The van der Waals surface area contributed by atoms with E-state index in [2.05, 4.69) is 15.5 Å². The second-order valence-corrected chi connectivity index (χ2v) is 5.85. The first-order valence-electron chi connectivity index (χ1n) is 7.53. The van der Waals surface area contributed by atoms with Crippen LogP contribution in [0, 0.1) is 5.92 Å². The van der Waals surface area contributed by atoms with Gasteiger partial charge in [0.2, 0.25) is 5.88 Å². The molecule has 2 aliphatic rings. The molecule has 2 saturated heterocycles. The van der Waals surface area contributed by atoms with E-state index in [1.165, 1.54) is 0 Å². The second-order valence-electron chi connectivity index (χ2n) is 5.85. The van der Waals surface area contributed by atoms with Crippen LogP contribution < -0.4 is 10.1 Å². The Labute approximate surface area is 125 Å². The van der Waals surface area contributed by atoms with Crippen molar-refractivity contribution in [3.63, 3.8) is 0 Å². The lowest BCUT2D eigenvalue weighted by Gasteiger charge is -2.40. The molecule has 0 saturated carbocycles. The summed E-state index contributed by atoms with van der Waals surface area (Å²) in [4.78, 5) is 0. The normalized spacial score (nSPS) is 30.5. The Bertz CT molecular complexity index is 460. The number of hydrogen-bond acceptors (Lipinski definition) is 6. The van der Waals surface area contributed by atoms with Crippen LogP contribution >= 0.6 is 0 Å². The summed E-state index contributed by atoms with van der Waals surface area (Å²) in [7, 11) is 3.57. The van der Waals surface area contributed by atoms with Crippen molar-refractivity contribution in [2.24, 2.45) is 5.92 Å². The fourth-order valence-electron chi connectivity index (χ4n) is 3.44. The molecule has 2 fully saturated rings. The molecule has 3 atom stereocenters. The van der Waals surface area contributed by atoms with Crippen LogP contribution in [0.25, 0.3) is 0 Å². The molecule has 0 bridgehead atoms. The van der Waals surface area contributed by atoms with E-state index in [-0.39, 0.29) is 11.6 Å². The monoisotopic (exact) mass is 293 g/mol. The molecular formula is C15H23N3O3. The zero-order valence-corrected chi connectivity index (χ0v) is 12.7. The molecule has 1 spiro atoms. The lowest BCUT2D eigenvalue weighted by molar-refractivity contribution is -0.103. The van der Waals surface area contributed by atoms with Gasteiger partial charge < -0.3 is 19.5 Å². The number of rotatable bonds is 4. The van der Waals surface area contributed by atoms with Gasteiger partial charge in [-0.1, -0.05) is 0 Å². The topological polar surface area (TPSA) is 65.5 Å². The predicted molar refractivity (Wildman–Crippen MR) is 77.2 cm³/mol. The van der Waals surface area contributed by atoms with Crippen molar-refractivity contribution < 1.29 is 14.2 Å². The van der Waals surface area contributed by atoms with Crippen molar-refractivity contribution in [3.05, 3.63) is 17.8 Å². The molecule has 21 heavy (non-hydrogen) atoms. The Kier molecular flexibility index (Phi) is 4.37. The Morgan fingerprint density at radius 1 is 1.38 bits per heavy atom. The van der Waals surface area contributed by atoms with Crippen molar-refractivity contribution in [1.29, 1.82) is 0 Å². The van der Waals surface area contributed by atoms with Crippen LogP contribution in [0.15, 0.2) is 12.1 Å². The predicted octanol–water partition coefficient (Wildman–Crippen LogP) is 1.33. The number of aromatic nitrogens is 2. The van der Waals surface area contributed by atoms with Crippen molar-refractivity contribution in [1.82, 2.24) is 15.5 Å². The summed E-state index contributed by atoms with van der Waals surface area (Å²) in [5, 5.41) is 11.8. The SMILES string of the molecule is CNC(c1ccc(OC)nn1)C1CCOC2(CCOC2)C1. The van der Waals surface area contributed by atoms with Crippen molar-refractivity contribution in [2.75, 3.05) is 34.0 Å². The zero-order chi connectivity index (χ0) is 14.7. The lowest BCUT2D eigenvalue weighted by Crippen LogP contribution is -2.43. The van der Waals surface area contributed by atoms with Gasteiger partial charge in [-0.2, -0.15) is 5.10 Å². The third-order valence-electron chi connectivity index (χ3n) is 4.57. The first-order valence-corrected chi connectivity index (χ1v) is 7.53. The Morgan fingerprint density at radius 2 is 2.29 bits per heavy atom. The maximum absolute atomic E-state index is 6.01. The van der Waals surface area contributed by atoms with Crippen LogP contribution in [0.3, 0.4) is 0 Å². The highest BCUT2D eigenvalue weighted by atomic mass is 16.6. The van der Waals surface area contributed by atoms with Crippen molar-refractivity contribution >= 4 is 0 Å². The number of ether oxygens (including phenoxy) is 3. The molecular weight excluding hydrogens is 270 g/mol. The smallest absolute Gasteiger partial charge is 0.233 e. The fourth-order valence-corrected chi connectivity index (χ4v) is 3.44. The average molecular weight is 293 g/mol. The molecule has 3 heterocycles. The zero-order valence-electron chi connectivity index (χ0n) is 12.7. The van der Waals surface area contributed by atoms with Crippen LogP contribution in [0.4, 0.5) is 0 Å². The molecule has 116 valence electrons. The van der Waals surface area contributed by atoms with Crippen LogP contribution in [-0.2, 0) is 9.47 Å². The fraction of sp³-hybridized carbons (Fsp3) is 0.733. The standard InChI is InChI=1S/C15H23N3O3/c1-16-14(12-3-4-13(19-2)18-17-12)11-5-7-21-15(9-11)6-8-20-10-15/h3-4,11,14,16H,5-10H2,1-2H3. The first-order chi connectivity index (χ1) is 10.3. The lowest BCUT2D eigenvalue weighted by atomic mass is 9.80. The number of hydrogen-bond donors (Lipinski definition) is 1. The van der Waals surface area contributed by atoms with E-state index in [1.54, 1.807) is 7.11 Å². The summed E-state index contributed by atoms with van der Waals surface area (Å²) in [6.07, 6.45) is 3.03. The molecule has 1 aromatic rings. The molecule has 3 rings (SSSR count). The maximum Gasteiger partial charge on any atom is 0.233 e. The molecule has 3 unspecified atom stereocenters. The average Bonchev–Trinajstić information content (AvgIpc) is 2.96. The van der Waals surface area contributed by atoms with E-state index >= 15 is 0 Å². The highest BCUT2D eigenvalue weighted by Crippen LogP contribution is 2.40. The third kappa shape index (κ3) is 3.02. The first kappa shape index (κ1) is 14.7. The summed E-state index contributed by atoms with van der Waals surface area (Å²) >= 11 is 0. The van der Waals surface area contributed by atoms with E-state index in [9.17, 15) is 0 Å². The van der Waals surface area contributed by atoms with Gasteiger partial charge in [0, 0.05) is 25.7 Å². The van der Waals surface area contributed by atoms with Crippen molar-refractivity contribution in [2.45, 2.75) is 30.9 Å². The van der Waals surface area contributed by atoms with Gasteiger partial charge in [-0.05, 0) is 31.9 Å². The number of nitrogens with zero attached hydrogens (tertiary/aromatic N) is 2. The highest BCUT2D eigenvalue weighted by molar-refractivity contribution is 5.15. The molecule has 0 amide bonds. The molecule has 6 nitrogen and oxygen atoms in total. The Morgan fingerprint density at radius 3 is 2.90 bits per heavy atom. The Balaban J connectivity index is 1.75. The second kappa shape index (κ2) is 6.25. The number of methoxy groups -OCH3 is 1. The van der Waals surface area contributed by atoms with Gasteiger partial charge in [0.15, 0.2) is 0 Å². The molecule has 0 radical (unpaired) electrons. The molecule has 0 aromatic carbocycles. The van der Waals surface area contributed by atoms with Gasteiger partial charge in [0.25, 0.3) is 0 Å². The number of nitrogens with one attached hydrogen (secondary N) is 1. The summed E-state index contributed by atoms with van der Waals surface area (Å²) in [6, 6.07) is 4.03. The van der Waals surface area contributed by atoms with E-state index in [1.807, 2.05) is 19.2 Å². The minimum absolute atomic E-state index is 0.0854. The molecule has 0 aliphatic carbocycles. The molecule has 2 aliphatic heterocycles. The quantitative estimate of drug-likeness (QED) is 0.903. The van der Waals surface area contributed by atoms with Crippen LogP contribution in [-0.4, -0.2) is 49.8 Å². The summed E-state index contributed by atoms with van der Waals surface area (Å²) in [6.45, 7) is 2.31. The summed E-state index contributed by atoms with van der Waals surface area (Å²) < 4.78 is 16.6. The molecule has 6 heteroatoms. The van der Waals surface area contributed by atoms with Crippen LogP contribution in [0.5, 0.6) is 5.88 Å². The summed E-state index contributed by atoms with van der Waals surface area (Å²) in [5.41, 5.74) is 0.872. The van der Waals surface area contributed by atoms with Crippen LogP contribution in [0.1, 0.15) is 31.0 Å². The van der Waals surface area contributed by atoms with Gasteiger partial charge in [0.1, 0.15) is 0 Å². The van der Waals surface area contributed by atoms with E-state index in [4.69, 9.17) is 14.2 Å². The van der Waals surface area contributed by atoms with E-state index < -0.39 is 0 Å². The van der Waals surface area contributed by atoms with E-state index in [0.717, 1.165) is 38.2 Å². The van der Waals surface area contributed by atoms with Crippen molar-refractivity contribution in [3.8, 4) is 5.88 Å². The van der Waals surface area contributed by atoms with Gasteiger partial charge in [-0.25, -0.2) is 0 Å². The minimum atomic E-state index is -0.0854. The highest BCUT2D eigenvalue weighted by Gasteiger charge is 2.43. The molecule has 1 aromatic heterocycles. The minimum Gasteiger partial charge on any atom is -0.480 e. The summed E-state index contributed by atoms with van der Waals surface area (Å²) in [5.74, 6) is 1.02. The van der Waals surface area contributed by atoms with Gasteiger partial charge in [-0.3, -0.25) is 0 Å².